The van der Waals surface area contributed by atoms with Gasteiger partial charge in [0.1, 0.15) is 12.4 Å². The number of Topliss-reactive ketones (excluding diaryl/α,β-unsaturated/α-hetero) is 1. The molecule has 0 amide bonds. The summed E-state index contributed by atoms with van der Waals surface area (Å²) < 4.78 is 4.44. The first-order valence-electron chi connectivity index (χ1n) is 2.60. The average Bonchev–Trinajstić information content (AvgIpc) is 1.63. The van der Waals surface area contributed by atoms with Crippen molar-refractivity contribution in [3.8, 4) is 0 Å². The highest BCUT2D eigenvalue weighted by atomic mass is 16.5. The van der Waals surface area contributed by atoms with Crippen LogP contribution < -0.4 is 0 Å². The fourth-order valence-corrected chi connectivity index (χ4v) is 0.276. The Labute approximate surface area is 54.0 Å². The maximum atomic E-state index is 10.2. The minimum atomic E-state index is -0.368. The Bertz CT molecular complexity index is 103. The topological polar surface area (TPSA) is 43.4 Å². The van der Waals surface area contributed by atoms with Crippen LogP contribution in [0, 0.1) is 6.42 Å². The number of carbonyl (C=O) groups is 2. The van der Waals surface area contributed by atoms with Gasteiger partial charge in [0.15, 0.2) is 0 Å². The van der Waals surface area contributed by atoms with Crippen molar-refractivity contribution in [1.82, 2.24) is 0 Å². The van der Waals surface area contributed by atoms with Crippen LogP contribution in [-0.2, 0) is 14.3 Å². The number of hydrogen-bond donors (Lipinski definition) is 0. The van der Waals surface area contributed by atoms with Crippen LogP contribution in [0.15, 0.2) is 0 Å². The molecule has 0 aromatic rings. The molecule has 0 unspecified atom stereocenters. The molecule has 0 aliphatic carbocycles. The Morgan fingerprint density at radius 2 is 2.00 bits per heavy atom. The van der Waals surface area contributed by atoms with Crippen LogP contribution in [0.25, 0.3) is 0 Å². The number of rotatable bonds is 3. The molecule has 51 valence electrons. The van der Waals surface area contributed by atoms with Crippen LogP contribution in [0.2, 0.25) is 0 Å². The van der Waals surface area contributed by atoms with Crippen LogP contribution in [0.1, 0.15) is 13.8 Å². The Morgan fingerprint density at radius 3 is 2.33 bits per heavy atom. The molecule has 0 atom stereocenters. The molecule has 1 radical (unpaired) electrons. The van der Waals surface area contributed by atoms with Crippen LogP contribution in [0.5, 0.6) is 0 Å². The van der Waals surface area contributed by atoms with Crippen LogP contribution in [0.4, 0.5) is 0 Å². The predicted octanol–water partition coefficient (Wildman–Crippen LogP) is 0.343. The Morgan fingerprint density at radius 1 is 1.44 bits per heavy atom. The third-order valence-corrected chi connectivity index (χ3v) is 0.657. The van der Waals surface area contributed by atoms with E-state index in [9.17, 15) is 9.59 Å². The lowest BCUT2D eigenvalue weighted by atomic mass is 10.3. The second kappa shape index (κ2) is 4.06. The van der Waals surface area contributed by atoms with Gasteiger partial charge in [0.05, 0.1) is 6.42 Å². The van der Waals surface area contributed by atoms with E-state index in [1.54, 1.807) is 0 Å². The first kappa shape index (κ1) is 8.14. The van der Waals surface area contributed by atoms with Gasteiger partial charge in [0, 0.05) is 6.92 Å². The van der Waals surface area contributed by atoms with E-state index >= 15 is 0 Å². The monoisotopic (exact) mass is 129 g/mol. The molecule has 0 aliphatic heterocycles. The number of carbonyl (C=O) groups excluding carboxylic acids is 2. The van der Waals surface area contributed by atoms with Crippen LogP contribution in [0.3, 0.4) is 0 Å². The Kier molecular flexibility index (Phi) is 3.67. The minimum Gasteiger partial charge on any atom is -0.465 e. The highest BCUT2D eigenvalue weighted by molar-refractivity contribution is 5.84. The second-order valence-electron chi connectivity index (χ2n) is 1.62. The van der Waals surface area contributed by atoms with E-state index in [2.05, 4.69) is 4.74 Å². The van der Waals surface area contributed by atoms with E-state index in [0.29, 0.717) is 0 Å². The van der Waals surface area contributed by atoms with Crippen molar-refractivity contribution in [2.45, 2.75) is 13.8 Å². The van der Waals surface area contributed by atoms with Gasteiger partial charge < -0.3 is 4.74 Å². The summed E-state index contributed by atoms with van der Waals surface area (Å²) in [5.41, 5.74) is 0. The zero-order valence-corrected chi connectivity index (χ0v) is 5.51. The zero-order valence-electron chi connectivity index (χ0n) is 5.51. The largest absolute Gasteiger partial charge is 0.465 e. The van der Waals surface area contributed by atoms with Crippen LogP contribution >= 0.6 is 0 Å². The maximum Gasteiger partial charge on any atom is 0.302 e. The standard InChI is InChI=1S/C6H9O3/c1-5(7)3-4-9-6(2)8/h3H,4H2,1-2H3. The molecule has 0 rings (SSSR count). The lowest BCUT2D eigenvalue weighted by Crippen LogP contribution is -2.04. The molecule has 0 heterocycles. The summed E-state index contributed by atoms with van der Waals surface area (Å²) in [6.45, 7) is 2.79. The molecule has 0 aliphatic rings. The molecule has 0 saturated heterocycles. The first-order valence-corrected chi connectivity index (χ1v) is 2.60. The SMILES string of the molecule is CC(=O)[CH]COC(C)=O. The lowest BCUT2D eigenvalue weighted by molar-refractivity contribution is -0.140. The summed E-state index contributed by atoms with van der Waals surface area (Å²) in [5, 5.41) is 0. The second-order valence-corrected chi connectivity index (χ2v) is 1.62. The van der Waals surface area contributed by atoms with Gasteiger partial charge in [-0.3, -0.25) is 9.59 Å². The van der Waals surface area contributed by atoms with Gasteiger partial charge in [-0.1, -0.05) is 0 Å². The third-order valence-electron chi connectivity index (χ3n) is 0.657. The van der Waals surface area contributed by atoms with Crippen LogP contribution in [-0.4, -0.2) is 18.4 Å². The summed E-state index contributed by atoms with van der Waals surface area (Å²) >= 11 is 0. The van der Waals surface area contributed by atoms with E-state index in [1.807, 2.05) is 0 Å². The zero-order chi connectivity index (χ0) is 7.28. The van der Waals surface area contributed by atoms with Gasteiger partial charge >= 0.3 is 5.97 Å². The normalized spacial score (nSPS) is 8.67. The van der Waals surface area contributed by atoms with Gasteiger partial charge in [0.2, 0.25) is 0 Å². The summed E-state index contributed by atoms with van der Waals surface area (Å²) in [4.78, 5) is 20.3. The Hall–Kier alpha value is -0.860. The van der Waals surface area contributed by atoms with Gasteiger partial charge in [-0.2, -0.15) is 0 Å². The quantitative estimate of drug-likeness (QED) is 0.516. The van der Waals surface area contributed by atoms with Crippen molar-refractivity contribution in [3.63, 3.8) is 0 Å². The molecule has 0 spiro atoms. The number of ketones is 1. The highest BCUT2D eigenvalue weighted by Gasteiger charge is 1.95. The molecule has 0 bridgehead atoms. The van der Waals surface area contributed by atoms with E-state index in [0.717, 1.165) is 0 Å². The molecule has 3 heteroatoms. The lowest BCUT2D eigenvalue weighted by Gasteiger charge is -1.95. The van der Waals surface area contributed by atoms with Gasteiger partial charge in [0.25, 0.3) is 0 Å². The number of esters is 1. The molecule has 0 saturated carbocycles. The first-order chi connectivity index (χ1) is 4.13. The average molecular weight is 129 g/mol. The van der Waals surface area contributed by atoms with E-state index < -0.39 is 0 Å². The fourth-order valence-electron chi connectivity index (χ4n) is 0.276. The van der Waals surface area contributed by atoms with Crippen molar-refractivity contribution in [1.29, 1.82) is 0 Å². The molecule has 3 nitrogen and oxygen atoms in total. The molecular formula is C6H9O3. The molecule has 0 aromatic carbocycles. The molecule has 0 fully saturated rings. The number of hydrogen-bond acceptors (Lipinski definition) is 3. The van der Waals surface area contributed by atoms with Crippen molar-refractivity contribution >= 4 is 11.8 Å². The van der Waals surface area contributed by atoms with Gasteiger partial charge in [-0.05, 0) is 6.92 Å². The molecule has 0 N–H and O–H groups in total. The summed E-state index contributed by atoms with van der Waals surface area (Å²) in [5.74, 6) is -0.455. The summed E-state index contributed by atoms with van der Waals surface area (Å²) in [6, 6.07) is 0. The molecular weight excluding hydrogens is 120 g/mol. The van der Waals surface area contributed by atoms with Crippen molar-refractivity contribution in [2.24, 2.45) is 0 Å². The molecule has 9 heavy (non-hydrogen) atoms. The highest BCUT2D eigenvalue weighted by Crippen LogP contribution is 1.82. The van der Waals surface area contributed by atoms with Gasteiger partial charge in [-0.15, -0.1) is 0 Å². The maximum absolute atomic E-state index is 10.2. The Balaban J connectivity index is 3.10. The van der Waals surface area contributed by atoms with E-state index in [4.69, 9.17) is 0 Å². The van der Waals surface area contributed by atoms with Crippen molar-refractivity contribution in [3.05, 3.63) is 6.42 Å². The van der Waals surface area contributed by atoms with Gasteiger partial charge in [-0.25, -0.2) is 0 Å². The minimum absolute atomic E-state index is 0.0868. The van der Waals surface area contributed by atoms with Crippen molar-refractivity contribution < 1.29 is 14.3 Å². The summed E-state index contributed by atoms with van der Waals surface area (Å²) in [6.07, 6.45) is 1.31. The van der Waals surface area contributed by atoms with E-state index in [1.165, 1.54) is 20.3 Å². The molecule has 0 aromatic heterocycles. The van der Waals surface area contributed by atoms with E-state index in [-0.39, 0.29) is 18.4 Å². The fraction of sp³-hybridized carbons (Fsp3) is 0.500. The smallest absolute Gasteiger partial charge is 0.302 e. The number of ether oxygens (including phenoxy) is 1. The van der Waals surface area contributed by atoms with Crippen molar-refractivity contribution in [2.75, 3.05) is 6.61 Å². The third kappa shape index (κ3) is 7.14. The summed E-state index contributed by atoms with van der Waals surface area (Å²) in [7, 11) is 0. The predicted molar refractivity (Wildman–Crippen MR) is 31.6 cm³/mol.